The molecule has 0 aromatic heterocycles. The van der Waals surface area contributed by atoms with Crippen LogP contribution in [0.1, 0.15) is 19.3 Å². The summed E-state index contributed by atoms with van der Waals surface area (Å²) in [5.41, 5.74) is 0. The Labute approximate surface area is 108 Å². The first-order valence-corrected chi connectivity index (χ1v) is 5.92. The molecule has 2 heterocycles. The number of rotatable bonds is 2. The summed E-state index contributed by atoms with van der Waals surface area (Å²) in [5, 5.41) is 6.19. The number of amides is 2. The van der Waals surface area contributed by atoms with Gasteiger partial charge in [-0.3, -0.25) is 9.59 Å². The van der Waals surface area contributed by atoms with E-state index in [0.717, 1.165) is 25.9 Å². The molecule has 0 aromatic rings. The molecule has 0 bridgehead atoms. The van der Waals surface area contributed by atoms with E-state index in [4.69, 9.17) is 0 Å². The molecule has 2 rings (SSSR count). The van der Waals surface area contributed by atoms with Gasteiger partial charge in [0.1, 0.15) is 0 Å². The molecule has 5 nitrogen and oxygen atoms in total. The number of piperidine rings is 1. The molecule has 98 valence electrons. The van der Waals surface area contributed by atoms with Gasteiger partial charge in [-0.25, -0.2) is 0 Å². The second-order valence-corrected chi connectivity index (χ2v) is 4.73. The van der Waals surface area contributed by atoms with E-state index in [2.05, 4.69) is 10.6 Å². The Morgan fingerprint density at radius 2 is 2.29 bits per heavy atom. The minimum Gasteiger partial charge on any atom is -0.351 e. The molecule has 2 fully saturated rings. The van der Waals surface area contributed by atoms with E-state index < -0.39 is 0 Å². The average Bonchev–Trinajstić information content (AvgIpc) is 2.59. The van der Waals surface area contributed by atoms with Gasteiger partial charge in [-0.15, -0.1) is 12.4 Å². The van der Waals surface area contributed by atoms with Crippen LogP contribution in [0.15, 0.2) is 0 Å². The first kappa shape index (κ1) is 14.3. The maximum atomic E-state index is 11.9. The molecular formula is C11H20ClN3O2. The third kappa shape index (κ3) is 3.57. The van der Waals surface area contributed by atoms with Crippen LogP contribution >= 0.6 is 12.4 Å². The Hall–Kier alpha value is -0.810. The Morgan fingerprint density at radius 1 is 1.53 bits per heavy atom. The van der Waals surface area contributed by atoms with Gasteiger partial charge in [0, 0.05) is 26.6 Å². The molecule has 0 aliphatic carbocycles. The lowest BCUT2D eigenvalue weighted by atomic mass is 9.98. The quantitative estimate of drug-likeness (QED) is 0.721. The highest BCUT2D eigenvalue weighted by molar-refractivity contribution is 5.85. The summed E-state index contributed by atoms with van der Waals surface area (Å²) in [4.78, 5) is 24.9. The van der Waals surface area contributed by atoms with Gasteiger partial charge in [0.25, 0.3) is 0 Å². The van der Waals surface area contributed by atoms with Crippen molar-refractivity contribution < 1.29 is 9.59 Å². The molecular weight excluding hydrogens is 242 g/mol. The number of hydrogen-bond acceptors (Lipinski definition) is 3. The molecule has 0 spiro atoms. The molecule has 0 saturated carbocycles. The van der Waals surface area contributed by atoms with Gasteiger partial charge in [0.2, 0.25) is 11.8 Å². The summed E-state index contributed by atoms with van der Waals surface area (Å²) in [5.74, 6) is 0.294. The zero-order valence-corrected chi connectivity index (χ0v) is 10.9. The molecule has 17 heavy (non-hydrogen) atoms. The SMILES string of the molecule is CN1CC(NC(=O)[C@@H]2CCCNC2)CC1=O.Cl. The number of halogens is 1. The average molecular weight is 262 g/mol. The van der Waals surface area contributed by atoms with Gasteiger partial charge in [0.15, 0.2) is 0 Å². The van der Waals surface area contributed by atoms with Crippen molar-refractivity contribution in [3.63, 3.8) is 0 Å². The number of hydrogen-bond donors (Lipinski definition) is 2. The molecule has 2 atom stereocenters. The summed E-state index contributed by atoms with van der Waals surface area (Å²) in [6.07, 6.45) is 2.46. The Bertz CT molecular complexity index is 292. The maximum Gasteiger partial charge on any atom is 0.224 e. The second-order valence-electron chi connectivity index (χ2n) is 4.73. The van der Waals surface area contributed by atoms with Crippen LogP contribution in [0.4, 0.5) is 0 Å². The van der Waals surface area contributed by atoms with E-state index in [1.165, 1.54) is 0 Å². The van der Waals surface area contributed by atoms with Crippen molar-refractivity contribution in [1.29, 1.82) is 0 Å². The van der Waals surface area contributed by atoms with Crippen molar-refractivity contribution in [3.05, 3.63) is 0 Å². The third-order valence-corrected chi connectivity index (χ3v) is 3.36. The van der Waals surface area contributed by atoms with Crippen LogP contribution < -0.4 is 10.6 Å². The number of likely N-dealkylation sites (N-methyl/N-ethyl adjacent to an activating group) is 1. The summed E-state index contributed by atoms with van der Waals surface area (Å²) < 4.78 is 0. The van der Waals surface area contributed by atoms with Crippen molar-refractivity contribution in [2.24, 2.45) is 5.92 Å². The van der Waals surface area contributed by atoms with Crippen LogP contribution in [-0.2, 0) is 9.59 Å². The lowest BCUT2D eigenvalue weighted by Crippen LogP contribution is -2.45. The standard InChI is InChI=1S/C11H19N3O2.ClH/c1-14-7-9(5-10(14)15)13-11(16)8-3-2-4-12-6-8;/h8-9,12H,2-7H2,1H3,(H,13,16);1H/t8-,9?;/m1./s1. The summed E-state index contributed by atoms with van der Waals surface area (Å²) in [6, 6.07) is 0.00641. The molecule has 2 aliphatic rings. The summed E-state index contributed by atoms with van der Waals surface area (Å²) >= 11 is 0. The van der Waals surface area contributed by atoms with Crippen LogP contribution in [0.5, 0.6) is 0 Å². The highest BCUT2D eigenvalue weighted by Crippen LogP contribution is 2.13. The highest BCUT2D eigenvalue weighted by atomic mass is 35.5. The first-order valence-electron chi connectivity index (χ1n) is 5.92. The normalized spacial score (nSPS) is 28.8. The maximum absolute atomic E-state index is 11.9. The van der Waals surface area contributed by atoms with Crippen molar-refractivity contribution in [3.8, 4) is 0 Å². The summed E-state index contributed by atoms with van der Waals surface area (Å²) in [6.45, 7) is 2.42. The Balaban J connectivity index is 0.00000144. The zero-order valence-electron chi connectivity index (χ0n) is 10.1. The number of carbonyl (C=O) groups is 2. The van der Waals surface area contributed by atoms with Crippen LogP contribution in [0.25, 0.3) is 0 Å². The van der Waals surface area contributed by atoms with Gasteiger partial charge in [-0.05, 0) is 19.4 Å². The van der Waals surface area contributed by atoms with E-state index in [9.17, 15) is 9.59 Å². The van der Waals surface area contributed by atoms with Crippen molar-refractivity contribution in [1.82, 2.24) is 15.5 Å². The van der Waals surface area contributed by atoms with E-state index in [0.29, 0.717) is 13.0 Å². The fourth-order valence-corrected chi connectivity index (χ4v) is 2.35. The molecule has 2 aliphatic heterocycles. The lowest BCUT2D eigenvalue weighted by Gasteiger charge is -2.23. The second kappa shape index (κ2) is 6.21. The lowest BCUT2D eigenvalue weighted by molar-refractivity contribution is -0.126. The fraction of sp³-hybridized carbons (Fsp3) is 0.818. The van der Waals surface area contributed by atoms with Crippen molar-refractivity contribution in [2.75, 3.05) is 26.7 Å². The van der Waals surface area contributed by atoms with Crippen LogP contribution in [-0.4, -0.2) is 49.4 Å². The summed E-state index contributed by atoms with van der Waals surface area (Å²) in [7, 11) is 1.77. The number of nitrogens with zero attached hydrogens (tertiary/aromatic N) is 1. The minimum absolute atomic E-state index is 0. The van der Waals surface area contributed by atoms with Crippen LogP contribution in [0.2, 0.25) is 0 Å². The third-order valence-electron chi connectivity index (χ3n) is 3.36. The largest absolute Gasteiger partial charge is 0.351 e. The van der Waals surface area contributed by atoms with Gasteiger partial charge in [-0.1, -0.05) is 0 Å². The molecule has 0 aromatic carbocycles. The van der Waals surface area contributed by atoms with E-state index in [-0.39, 0.29) is 36.2 Å². The number of nitrogens with one attached hydrogen (secondary N) is 2. The molecule has 0 radical (unpaired) electrons. The zero-order chi connectivity index (χ0) is 11.5. The van der Waals surface area contributed by atoms with Gasteiger partial charge < -0.3 is 15.5 Å². The fourth-order valence-electron chi connectivity index (χ4n) is 2.35. The van der Waals surface area contributed by atoms with E-state index >= 15 is 0 Å². The predicted octanol–water partition coefficient (Wildman–Crippen LogP) is -0.245. The molecule has 2 N–H and O–H groups in total. The van der Waals surface area contributed by atoms with Crippen molar-refractivity contribution in [2.45, 2.75) is 25.3 Å². The smallest absolute Gasteiger partial charge is 0.224 e. The Morgan fingerprint density at radius 3 is 2.82 bits per heavy atom. The molecule has 6 heteroatoms. The monoisotopic (exact) mass is 261 g/mol. The first-order chi connectivity index (χ1) is 7.66. The Kier molecular flexibility index (Phi) is 5.21. The van der Waals surface area contributed by atoms with E-state index in [1.54, 1.807) is 11.9 Å². The molecule has 2 amide bonds. The van der Waals surface area contributed by atoms with Gasteiger partial charge in [-0.2, -0.15) is 0 Å². The molecule has 2 saturated heterocycles. The van der Waals surface area contributed by atoms with E-state index in [1.807, 2.05) is 0 Å². The minimum atomic E-state index is 0. The van der Waals surface area contributed by atoms with Gasteiger partial charge >= 0.3 is 0 Å². The topological polar surface area (TPSA) is 61.4 Å². The molecule has 1 unspecified atom stereocenters. The predicted molar refractivity (Wildman–Crippen MR) is 67.0 cm³/mol. The number of likely N-dealkylation sites (tertiary alicyclic amines) is 1. The van der Waals surface area contributed by atoms with Crippen LogP contribution in [0, 0.1) is 5.92 Å². The number of carbonyl (C=O) groups excluding carboxylic acids is 2. The van der Waals surface area contributed by atoms with Crippen LogP contribution in [0.3, 0.4) is 0 Å². The van der Waals surface area contributed by atoms with Crippen molar-refractivity contribution >= 4 is 24.2 Å². The highest BCUT2D eigenvalue weighted by Gasteiger charge is 2.30. The van der Waals surface area contributed by atoms with Gasteiger partial charge in [0.05, 0.1) is 12.0 Å².